The minimum absolute atomic E-state index is 0.687. The summed E-state index contributed by atoms with van der Waals surface area (Å²) in [5, 5.41) is 0. The molecule has 1 aliphatic heterocycles. The molecule has 1 heteroatoms. The van der Waals surface area contributed by atoms with Gasteiger partial charge in [-0.3, -0.25) is 4.99 Å². The normalized spacial score (nSPS) is 21.3. The number of hydrogen-bond acceptors (Lipinski definition) is 1. The van der Waals surface area contributed by atoms with E-state index in [9.17, 15) is 0 Å². The fraction of sp³-hybridized carbons (Fsp3) is 0.923. The number of hydrogen-bond donors (Lipinski definition) is 0. The van der Waals surface area contributed by atoms with Gasteiger partial charge in [-0.25, -0.2) is 0 Å². The van der Waals surface area contributed by atoms with Gasteiger partial charge in [0.1, 0.15) is 0 Å². The van der Waals surface area contributed by atoms with Gasteiger partial charge in [-0.1, -0.05) is 39.5 Å². The number of nitrogens with zero attached hydrogens (tertiary/aromatic N) is 1. The van der Waals surface area contributed by atoms with Gasteiger partial charge in [0.05, 0.1) is 6.04 Å². The highest BCUT2D eigenvalue weighted by atomic mass is 14.8. The zero-order valence-corrected chi connectivity index (χ0v) is 9.89. The Kier molecular flexibility index (Phi) is 5.89. The Bertz CT molecular complexity index is 172. The van der Waals surface area contributed by atoms with E-state index in [-0.39, 0.29) is 0 Å². The number of rotatable bonds is 7. The lowest BCUT2D eigenvalue weighted by atomic mass is 10.1. The largest absolute Gasteiger partial charge is 0.291 e. The molecule has 1 atom stereocenters. The summed E-state index contributed by atoms with van der Waals surface area (Å²) >= 11 is 0. The molecule has 0 saturated heterocycles. The van der Waals surface area contributed by atoms with Crippen LogP contribution in [0.2, 0.25) is 0 Å². The zero-order chi connectivity index (χ0) is 10.2. The molecule has 0 radical (unpaired) electrons. The highest BCUT2D eigenvalue weighted by Crippen LogP contribution is 2.21. The van der Waals surface area contributed by atoms with Gasteiger partial charge in [0.15, 0.2) is 0 Å². The van der Waals surface area contributed by atoms with Crippen LogP contribution in [0, 0.1) is 0 Å². The Balaban J connectivity index is 2.14. The fourth-order valence-corrected chi connectivity index (χ4v) is 2.14. The molecule has 0 fully saturated rings. The summed E-state index contributed by atoms with van der Waals surface area (Å²) in [7, 11) is 0. The molecular formula is C13H25N. The van der Waals surface area contributed by atoms with Crippen molar-refractivity contribution in [3.05, 3.63) is 0 Å². The first-order valence-electron chi connectivity index (χ1n) is 6.42. The predicted octanol–water partition coefficient (Wildman–Crippen LogP) is 4.36. The predicted molar refractivity (Wildman–Crippen MR) is 64.1 cm³/mol. The van der Waals surface area contributed by atoms with Gasteiger partial charge in [-0.05, 0) is 32.1 Å². The van der Waals surface area contributed by atoms with Gasteiger partial charge in [0, 0.05) is 5.71 Å². The molecule has 0 aromatic rings. The molecule has 1 rings (SSSR count). The summed E-state index contributed by atoms with van der Waals surface area (Å²) in [5.74, 6) is 0. The van der Waals surface area contributed by atoms with Crippen molar-refractivity contribution in [2.24, 2.45) is 4.99 Å². The van der Waals surface area contributed by atoms with E-state index in [0.717, 1.165) is 0 Å². The molecular weight excluding hydrogens is 170 g/mol. The average Bonchev–Trinajstić information content (AvgIpc) is 2.63. The number of unbranched alkanes of at least 4 members (excludes halogenated alkanes) is 3. The topological polar surface area (TPSA) is 12.4 Å². The second-order valence-electron chi connectivity index (χ2n) is 4.49. The van der Waals surface area contributed by atoms with Crippen molar-refractivity contribution < 1.29 is 0 Å². The van der Waals surface area contributed by atoms with Crippen molar-refractivity contribution in [1.82, 2.24) is 0 Å². The molecule has 0 bridgehead atoms. The zero-order valence-electron chi connectivity index (χ0n) is 9.89. The first-order chi connectivity index (χ1) is 6.86. The van der Waals surface area contributed by atoms with E-state index in [4.69, 9.17) is 4.99 Å². The van der Waals surface area contributed by atoms with Crippen LogP contribution in [-0.4, -0.2) is 11.8 Å². The molecule has 0 spiro atoms. The lowest BCUT2D eigenvalue weighted by Crippen LogP contribution is -1.97. The van der Waals surface area contributed by atoms with E-state index in [2.05, 4.69) is 13.8 Å². The van der Waals surface area contributed by atoms with E-state index in [1.165, 1.54) is 63.5 Å². The molecule has 0 aromatic carbocycles. The third-order valence-corrected chi connectivity index (χ3v) is 3.09. The van der Waals surface area contributed by atoms with Gasteiger partial charge >= 0.3 is 0 Å². The van der Waals surface area contributed by atoms with Crippen LogP contribution in [0.15, 0.2) is 4.99 Å². The summed E-state index contributed by atoms with van der Waals surface area (Å²) in [5.41, 5.74) is 1.51. The maximum atomic E-state index is 4.81. The monoisotopic (exact) mass is 195 g/mol. The molecule has 0 N–H and O–H groups in total. The van der Waals surface area contributed by atoms with Crippen LogP contribution in [0.3, 0.4) is 0 Å². The molecule has 1 heterocycles. The van der Waals surface area contributed by atoms with Crippen molar-refractivity contribution in [1.29, 1.82) is 0 Å². The molecule has 0 aromatic heterocycles. The van der Waals surface area contributed by atoms with E-state index >= 15 is 0 Å². The minimum Gasteiger partial charge on any atom is -0.291 e. The van der Waals surface area contributed by atoms with Crippen molar-refractivity contribution in [2.45, 2.75) is 77.7 Å². The summed E-state index contributed by atoms with van der Waals surface area (Å²) in [6.07, 6.45) is 12.0. The summed E-state index contributed by atoms with van der Waals surface area (Å²) in [6, 6.07) is 0.687. The van der Waals surface area contributed by atoms with E-state index < -0.39 is 0 Å². The first kappa shape index (κ1) is 11.7. The quantitative estimate of drug-likeness (QED) is 0.535. The standard InChI is InChI=1S/C13H25N/c1-3-5-7-9-13-11-10-12(14-13)8-6-4-2/h12H,3-11H2,1-2H3. The van der Waals surface area contributed by atoms with E-state index in [1.807, 2.05) is 0 Å². The van der Waals surface area contributed by atoms with Gasteiger partial charge < -0.3 is 0 Å². The third kappa shape index (κ3) is 4.26. The van der Waals surface area contributed by atoms with Gasteiger partial charge in [0.25, 0.3) is 0 Å². The summed E-state index contributed by atoms with van der Waals surface area (Å²) in [4.78, 5) is 4.81. The van der Waals surface area contributed by atoms with Crippen molar-refractivity contribution in [3.63, 3.8) is 0 Å². The summed E-state index contributed by atoms with van der Waals surface area (Å²) in [6.45, 7) is 4.53. The van der Waals surface area contributed by atoms with Gasteiger partial charge in [0.2, 0.25) is 0 Å². The van der Waals surface area contributed by atoms with Gasteiger partial charge in [-0.15, -0.1) is 0 Å². The fourth-order valence-electron chi connectivity index (χ4n) is 2.14. The first-order valence-corrected chi connectivity index (χ1v) is 6.42. The van der Waals surface area contributed by atoms with Crippen molar-refractivity contribution in [3.8, 4) is 0 Å². The van der Waals surface area contributed by atoms with Crippen LogP contribution in [0.4, 0.5) is 0 Å². The van der Waals surface area contributed by atoms with Crippen LogP contribution < -0.4 is 0 Å². The molecule has 0 amide bonds. The van der Waals surface area contributed by atoms with Crippen molar-refractivity contribution >= 4 is 5.71 Å². The number of aliphatic imine (C=N–C) groups is 1. The van der Waals surface area contributed by atoms with E-state index in [1.54, 1.807) is 0 Å². The maximum Gasteiger partial charge on any atom is 0.0502 e. The smallest absolute Gasteiger partial charge is 0.0502 e. The van der Waals surface area contributed by atoms with Gasteiger partial charge in [-0.2, -0.15) is 0 Å². The van der Waals surface area contributed by atoms with Crippen LogP contribution in [-0.2, 0) is 0 Å². The Morgan fingerprint density at radius 2 is 1.93 bits per heavy atom. The Morgan fingerprint density at radius 3 is 2.64 bits per heavy atom. The molecule has 82 valence electrons. The highest BCUT2D eigenvalue weighted by Gasteiger charge is 2.15. The van der Waals surface area contributed by atoms with Crippen LogP contribution in [0.5, 0.6) is 0 Å². The maximum absolute atomic E-state index is 4.81. The lowest BCUT2D eigenvalue weighted by molar-refractivity contribution is 0.577. The Morgan fingerprint density at radius 1 is 1.14 bits per heavy atom. The van der Waals surface area contributed by atoms with Crippen LogP contribution in [0.1, 0.15) is 71.6 Å². The minimum atomic E-state index is 0.687. The second kappa shape index (κ2) is 7.03. The molecule has 1 unspecified atom stereocenters. The average molecular weight is 195 g/mol. The Labute approximate surface area is 89.0 Å². The molecule has 0 saturated carbocycles. The van der Waals surface area contributed by atoms with Crippen LogP contribution >= 0.6 is 0 Å². The lowest BCUT2D eigenvalue weighted by Gasteiger charge is -2.03. The molecule has 14 heavy (non-hydrogen) atoms. The Hall–Kier alpha value is -0.330. The second-order valence-corrected chi connectivity index (χ2v) is 4.49. The third-order valence-electron chi connectivity index (χ3n) is 3.09. The van der Waals surface area contributed by atoms with Crippen LogP contribution in [0.25, 0.3) is 0 Å². The highest BCUT2D eigenvalue weighted by molar-refractivity contribution is 5.86. The summed E-state index contributed by atoms with van der Waals surface area (Å²) < 4.78 is 0. The molecule has 1 nitrogen and oxygen atoms in total. The SMILES string of the molecule is CCCCCC1=NC(CCCC)CC1. The van der Waals surface area contributed by atoms with E-state index in [0.29, 0.717) is 6.04 Å². The van der Waals surface area contributed by atoms with Crippen molar-refractivity contribution in [2.75, 3.05) is 0 Å². The molecule has 0 aliphatic carbocycles. The molecule has 1 aliphatic rings.